The van der Waals surface area contributed by atoms with Crippen molar-refractivity contribution in [3.8, 4) is 0 Å². The van der Waals surface area contributed by atoms with Crippen molar-refractivity contribution in [1.29, 1.82) is 0 Å². The molecule has 7 heteroatoms. The Balaban J connectivity index is 2.10. The largest absolute Gasteiger partial charge is 0.354 e. The normalized spacial score (nSPS) is 11.9. The summed E-state index contributed by atoms with van der Waals surface area (Å²) in [5.74, 6) is 1.18. The molecule has 0 saturated heterocycles. The molecule has 0 fully saturated rings. The van der Waals surface area contributed by atoms with Crippen LogP contribution < -0.4 is 5.32 Å². The van der Waals surface area contributed by atoms with Gasteiger partial charge < -0.3 is 10.2 Å². The second kappa shape index (κ2) is 13.0. The first kappa shape index (κ1) is 25.6. The van der Waals surface area contributed by atoms with Crippen LogP contribution in [-0.2, 0) is 21.9 Å². The molecule has 4 nitrogen and oxygen atoms in total. The molecule has 0 saturated carbocycles. The second-order valence-corrected chi connectivity index (χ2v) is 9.69. The summed E-state index contributed by atoms with van der Waals surface area (Å²) in [6.45, 7) is 6.98. The standard InChI is InChI=1S/C24H30Cl2N2O2S/c1-4-22(24(30)27-13-17(2)3)28(14-18-5-9-20(25)10-6-18)23(29)16-31-15-19-7-11-21(26)12-8-19/h5-12,17,22H,4,13-16H2,1-3H3,(H,27,30)/t22-/m0/s1. The van der Waals surface area contributed by atoms with Crippen LogP contribution in [-0.4, -0.2) is 35.1 Å². The van der Waals surface area contributed by atoms with Crippen molar-refractivity contribution in [2.24, 2.45) is 5.92 Å². The Hall–Kier alpha value is -1.69. The van der Waals surface area contributed by atoms with Crippen LogP contribution in [0.2, 0.25) is 10.0 Å². The molecule has 0 aromatic heterocycles. The van der Waals surface area contributed by atoms with Gasteiger partial charge in [-0.1, -0.05) is 68.2 Å². The smallest absolute Gasteiger partial charge is 0.242 e. The Morgan fingerprint density at radius 2 is 1.52 bits per heavy atom. The predicted octanol–water partition coefficient (Wildman–Crippen LogP) is 5.81. The molecule has 2 rings (SSSR count). The van der Waals surface area contributed by atoms with Gasteiger partial charge in [-0.3, -0.25) is 9.59 Å². The quantitative estimate of drug-likeness (QED) is 0.441. The third kappa shape index (κ3) is 8.76. The predicted molar refractivity (Wildman–Crippen MR) is 132 cm³/mol. The molecule has 31 heavy (non-hydrogen) atoms. The molecule has 0 spiro atoms. The van der Waals surface area contributed by atoms with Crippen LogP contribution in [0.4, 0.5) is 0 Å². The lowest BCUT2D eigenvalue weighted by molar-refractivity contribution is -0.139. The number of hydrogen-bond donors (Lipinski definition) is 1. The third-order valence-electron chi connectivity index (χ3n) is 4.74. The van der Waals surface area contributed by atoms with E-state index in [0.29, 0.717) is 47.0 Å². The first-order valence-corrected chi connectivity index (χ1v) is 12.3. The van der Waals surface area contributed by atoms with Crippen LogP contribution in [0.5, 0.6) is 0 Å². The van der Waals surface area contributed by atoms with Gasteiger partial charge in [0.1, 0.15) is 6.04 Å². The number of hydrogen-bond acceptors (Lipinski definition) is 3. The minimum atomic E-state index is -0.516. The summed E-state index contributed by atoms with van der Waals surface area (Å²) in [7, 11) is 0. The van der Waals surface area contributed by atoms with Crippen LogP contribution in [0.1, 0.15) is 38.3 Å². The van der Waals surface area contributed by atoms with E-state index in [-0.39, 0.29) is 11.8 Å². The van der Waals surface area contributed by atoms with E-state index in [4.69, 9.17) is 23.2 Å². The van der Waals surface area contributed by atoms with Gasteiger partial charge in [0.25, 0.3) is 0 Å². The second-order valence-electron chi connectivity index (χ2n) is 7.83. The van der Waals surface area contributed by atoms with E-state index in [1.807, 2.05) is 57.2 Å². The number of benzene rings is 2. The summed E-state index contributed by atoms with van der Waals surface area (Å²) in [5.41, 5.74) is 2.05. The van der Waals surface area contributed by atoms with E-state index >= 15 is 0 Å². The third-order valence-corrected chi connectivity index (χ3v) is 6.24. The summed E-state index contributed by atoms with van der Waals surface area (Å²) < 4.78 is 0. The topological polar surface area (TPSA) is 49.4 Å². The van der Waals surface area contributed by atoms with Crippen molar-refractivity contribution in [3.63, 3.8) is 0 Å². The van der Waals surface area contributed by atoms with Crippen molar-refractivity contribution in [1.82, 2.24) is 10.2 Å². The number of nitrogens with zero attached hydrogens (tertiary/aromatic N) is 1. The molecule has 1 N–H and O–H groups in total. The van der Waals surface area contributed by atoms with Gasteiger partial charge in [-0.25, -0.2) is 0 Å². The Morgan fingerprint density at radius 1 is 0.968 bits per heavy atom. The van der Waals surface area contributed by atoms with E-state index in [1.165, 1.54) is 11.8 Å². The van der Waals surface area contributed by atoms with Crippen LogP contribution in [0, 0.1) is 5.92 Å². The SMILES string of the molecule is CC[C@@H](C(=O)NCC(C)C)N(Cc1ccc(Cl)cc1)C(=O)CSCc1ccc(Cl)cc1. The van der Waals surface area contributed by atoms with Crippen molar-refractivity contribution in [2.75, 3.05) is 12.3 Å². The van der Waals surface area contributed by atoms with Crippen molar-refractivity contribution >= 4 is 46.8 Å². The first-order chi connectivity index (χ1) is 14.8. The average molecular weight is 481 g/mol. The van der Waals surface area contributed by atoms with Gasteiger partial charge in [0.05, 0.1) is 5.75 Å². The molecule has 0 heterocycles. The number of rotatable bonds is 11. The molecule has 0 bridgehead atoms. The fourth-order valence-corrected chi connectivity index (χ4v) is 4.17. The van der Waals surface area contributed by atoms with E-state index in [9.17, 15) is 9.59 Å². The van der Waals surface area contributed by atoms with Gasteiger partial charge in [0.15, 0.2) is 0 Å². The van der Waals surface area contributed by atoms with E-state index in [2.05, 4.69) is 5.32 Å². The van der Waals surface area contributed by atoms with Crippen LogP contribution in [0.15, 0.2) is 48.5 Å². The van der Waals surface area contributed by atoms with Gasteiger partial charge in [0, 0.05) is 28.9 Å². The molecular weight excluding hydrogens is 451 g/mol. The van der Waals surface area contributed by atoms with E-state index in [1.54, 1.807) is 17.0 Å². The highest BCUT2D eigenvalue weighted by Gasteiger charge is 2.28. The summed E-state index contributed by atoms with van der Waals surface area (Å²) in [4.78, 5) is 27.7. The van der Waals surface area contributed by atoms with Gasteiger partial charge in [0.2, 0.25) is 11.8 Å². The number of amides is 2. The Bertz CT molecular complexity index is 842. The Kier molecular flexibility index (Phi) is 10.7. The van der Waals surface area contributed by atoms with E-state index < -0.39 is 6.04 Å². The summed E-state index contributed by atoms with van der Waals surface area (Å²) in [5, 5.41) is 4.31. The molecule has 0 aliphatic carbocycles. The Morgan fingerprint density at radius 3 is 2.03 bits per heavy atom. The minimum absolute atomic E-state index is 0.0551. The van der Waals surface area contributed by atoms with Gasteiger partial charge in [-0.15, -0.1) is 11.8 Å². The van der Waals surface area contributed by atoms with Crippen molar-refractivity contribution in [3.05, 3.63) is 69.7 Å². The number of halogens is 2. The lowest BCUT2D eigenvalue weighted by Gasteiger charge is -2.31. The van der Waals surface area contributed by atoms with Crippen LogP contribution in [0.25, 0.3) is 0 Å². The molecular formula is C24H30Cl2N2O2S. The molecule has 0 aliphatic rings. The molecule has 1 atom stereocenters. The van der Waals surface area contributed by atoms with Crippen molar-refractivity contribution in [2.45, 2.75) is 45.5 Å². The zero-order valence-corrected chi connectivity index (χ0v) is 20.6. The lowest BCUT2D eigenvalue weighted by atomic mass is 10.1. The summed E-state index contributed by atoms with van der Waals surface area (Å²) in [6, 6.07) is 14.5. The number of carbonyl (C=O) groups excluding carboxylic acids is 2. The molecule has 2 aromatic rings. The zero-order valence-electron chi connectivity index (χ0n) is 18.2. The number of nitrogens with one attached hydrogen (secondary N) is 1. The number of thioether (sulfide) groups is 1. The first-order valence-electron chi connectivity index (χ1n) is 10.4. The highest BCUT2D eigenvalue weighted by molar-refractivity contribution is 7.99. The maximum absolute atomic E-state index is 13.2. The van der Waals surface area contributed by atoms with Crippen molar-refractivity contribution < 1.29 is 9.59 Å². The molecule has 168 valence electrons. The van der Waals surface area contributed by atoms with Gasteiger partial charge >= 0.3 is 0 Å². The molecule has 2 aromatic carbocycles. The van der Waals surface area contributed by atoms with Gasteiger partial charge in [-0.2, -0.15) is 0 Å². The minimum Gasteiger partial charge on any atom is -0.354 e. The highest BCUT2D eigenvalue weighted by Crippen LogP contribution is 2.19. The van der Waals surface area contributed by atoms with Gasteiger partial charge in [-0.05, 0) is 47.7 Å². The zero-order chi connectivity index (χ0) is 22.8. The maximum Gasteiger partial charge on any atom is 0.242 e. The fourth-order valence-electron chi connectivity index (χ4n) is 3.05. The monoisotopic (exact) mass is 480 g/mol. The summed E-state index contributed by atoms with van der Waals surface area (Å²) in [6.07, 6.45) is 0.547. The molecule has 0 radical (unpaired) electrons. The average Bonchev–Trinajstić information content (AvgIpc) is 2.74. The Labute approximate surface area is 199 Å². The van der Waals surface area contributed by atoms with Crippen LogP contribution >= 0.6 is 35.0 Å². The molecule has 0 aliphatic heterocycles. The number of carbonyl (C=O) groups is 2. The maximum atomic E-state index is 13.2. The van der Waals surface area contributed by atoms with Crippen LogP contribution in [0.3, 0.4) is 0 Å². The fraction of sp³-hybridized carbons (Fsp3) is 0.417. The lowest BCUT2D eigenvalue weighted by Crippen LogP contribution is -2.50. The highest BCUT2D eigenvalue weighted by atomic mass is 35.5. The summed E-state index contributed by atoms with van der Waals surface area (Å²) >= 11 is 13.5. The van der Waals surface area contributed by atoms with E-state index in [0.717, 1.165) is 11.1 Å². The molecule has 0 unspecified atom stereocenters. The molecule has 2 amide bonds.